The standard InChI is InChI=1S/C7H15N3/c1-7(8)10-6-4-3-5-9-2/h6,8-9H,3-5H2,1-2H3/p+1. The third-order valence-corrected chi connectivity index (χ3v) is 1.05. The lowest BCUT2D eigenvalue weighted by molar-refractivity contribution is -0.115. The molecule has 0 radical (unpaired) electrons. The van der Waals surface area contributed by atoms with E-state index in [2.05, 4.69) is 10.3 Å². The van der Waals surface area contributed by atoms with Crippen molar-refractivity contribution in [2.75, 3.05) is 13.6 Å². The first-order valence-corrected chi connectivity index (χ1v) is 3.53. The van der Waals surface area contributed by atoms with Crippen LogP contribution in [-0.2, 0) is 0 Å². The van der Waals surface area contributed by atoms with Crippen LogP contribution in [0.3, 0.4) is 0 Å². The van der Waals surface area contributed by atoms with Crippen LogP contribution >= 0.6 is 0 Å². The number of amidine groups is 1. The van der Waals surface area contributed by atoms with Crippen molar-refractivity contribution in [1.82, 2.24) is 5.32 Å². The summed E-state index contributed by atoms with van der Waals surface area (Å²) in [6.45, 7) is 2.82. The van der Waals surface area contributed by atoms with Gasteiger partial charge in [-0.25, -0.2) is 0 Å². The Kier molecular flexibility index (Phi) is 5.97. The van der Waals surface area contributed by atoms with Crippen LogP contribution in [0.4, 0.5) is 0 Å². The summed E-state index contributed by atoms with van der Waals surface area (Å²) in [6, 6.07) is 0. The summed E-state index contributed by atoms with van der Waals surface area (Å²) < 4.78 is 0. The summed E-state index contributed by atoms with van der Waals surface area (Å²) in [5, 5.41) is 8.37. The SMILES string of the molecule is CNCCCC=NC(C)=[NH2+]. The second-order valence-electron chi connectivity index (χ2n) is 2.20. The van der Waals surface area contributed by atoms with E-state index in [1.807, 2.05) is 13.3 Å². The minimum absolute atomic E-state index is 0.629. The number of nitrogens with one attached hydrogen (secondary N) is 1. The molecule has 0 bridgehead atoms. The Balaban J connectivity index is 3.10. The Morgan fingerprint density at radius 3 is 2.90 bits per heavy atom. The van der Waals surface area contributed by atoms with Crippen molar-refractivity contribution in [2.24, 2.45) is 4.99 Å². The molecular formula is C7H16N3+. The zero-order chi connectivity index (χ0) is 7.82. The topological polar surface area (TPSA) is 50.0 Å². The molecule has 0 spiro atoms. The molecule has 0 unspecified atom stereocenters. The van der Waals surface area contributed by atoms with E-state index in [0.29, 0.717) is 5.84 Å². The molecule has 10 heavy (non-hydrogen) atoms. The Morgan fingerprint density at radius 2 is 2.40 bits per heavy atom. The normalized spacial score (nSPS) is 10.6. The molecule has 3 heteroatoms. The highest BCUT2D eigenvalue weighted by molar-refractivity contribution is 5.82. The van der Waals surface area contributed by atoms with E-state index in [9.17, 15) is 0 Å². The third kappa shape index (κ3) is 7.30. The largest absolute Gasteiger partial charge is 0.320 e. The summed E-state index contributed by atoms with van der Waals surface area (Å²) in [7, 11) is 1.94. The third-order valence-electron chi connectivity index (χ3n) is 1.05. The number of unbranched alkanes of at least 4 members (excludes halogenated alkanes) is 1. The molecule has 0 aromatic rings. The van der Waals surface area contributed by atoms with Crippen LogP contribution < -0.4 is 10.7 Å². The van der Waals surface area contributed by atoms with Crippen molar-refractivity contribution < 1.29 is 5.41 Å². The Labute approximate surface area is 62.1 Å². The van der Waals surface area contributed by atoms with Gasteiger partial charge in [0.25, 0.3) is 5.84 Å². The molecule has 0 aromatic carbocycles. The second-order valence-corrected chi connectivity index (χ2v) is 2.20. The van der Waals surface area contributed by atoms with Crippen LogP contribution in [0.2, 0.25) is 0 Å². The number of nitrogens with two attached hydrogens (primary N) is 1. The van der Waals surface area contributed by atoms with Gasteiger partial charge in [0.15, 0.2) is 0 Å². The molecule has 0 atom stereocenters. The quantitative estimate of drug-likeness (QED) is 0.302. The Morgan fingerprint density at radius 1 is 1.70 bits per heavy atom. The molecule has 0 rings (SSSR count). The van der Waals surface area contributed by atoms with Gasteiger partial charge in [-0.3, -0.25) is 5.41 Å². The van der Waals surface area contributed by atoms with Crippen molar-refractivity contribution in [3.63, 3.8) is 0 Å². The van der Waals surface area contributed by atoms with E-state index in [0.717, 1.165) is 19.4 Å². The zero-order valence-corrected chi connectivity index (χ0v) is 6.72. The molecule has 0 aliphatic carbocycles. The molecule has 3 N–H and O–H groups in total. The summed E-state index contributed by atoms with van der Waals surface area (Å²) in [5.41, 5.74) is 0. The van der Waals surface area contributed by atoms with E-state index >= 15 is 0 Å². The van der Waals surface area contributed by atoms with Gasteiger partial charge in [0.1, 0.15) is 6.21 Å². The van der Waals surface area contributed by atoms with Gasteiger partial charge in [-0.05, 0) is 20.0 Å². The number of hydrogen-bond donors (Lipinski definition) is 2. The van der Waals surface area contributed by atoms with Gasteiger partial charge in [0, 0.05) is 13.3 Å². The van der Waals surface area contributed by atoms with Crippen LogP contribution in [-0.4, -0.2) is 25.6 Å². The average Bonchev–Trinajstić information content (AvgIpc) is 1.87. The maximum Gasteiger partial charge on any atom is 0.285 e. The maximum atomic E-state index is 5.31. The van der Waals surface area contributed by atoms with Crippen molar-refractivity contribution in [2.45, 2.75) is 19.8 Å². The summed E-state index contributed by atoms with van der Waals surface area (Å²) in [4.78, 5) is 3.94. The van der Waals surface area contributed by atoms with Crippen molar-refractivity contribution in [3.8, 4) is 0 Å². The number of aliphatic imine (C=N–C) groups is 1. The van der Waals surface area contributed by atoms with E-state index < -0.39 is 0 Å². The number of rotatable bonds is 4. The van der Waals surface area contributed by atoms with Gasteiger partial charge in [0.2, 0.25) is 0 Å². The first-order chi connectivity index (χ1) is 4.77. The lowest BCUT2D eigenvalue weighted by Gasteiger charge is -1.90. The van der Waals surface area contributed by atoms with Crippen LogP contribution in [0.15, 0.2) is 4.99 Å². The van der Waals surface area contributed by atoms with Crippen LogP contribution in [0.5, 0.6) is 0 Å². The monoisotopic (exact) mass is 142 g/mol. The van der Waals surface area contributed by atoms with Gasteiger partial charge in [-0.15, -0.1) is 0 Å². The van der Waals surface area contributed by atoms with E-state index in [-0.39, 0.29) is 0 Å². The fourth-order valence-corrected chi connectivity index (χ4v) is 0.579. The highest BCUT2D eigenvalue weighted by Crippen LogP contribution is 1.81. The second kappa shape index (κ2) is 6.42. The summed E-state index contributed by atoms with van der Waals surface area (Å²) in [6.07, 6.45) is 3.97. The Bertz CT molecular complexity index is 118. The summed E-state index contributed by atoms with van der Waals surface area (Å²) in [5.74, 6) is 0.629. The molecular weight excluding hydrogens is 126 g/mol. The molecule has 0 amide bonds. The Hall–Kier alpha value is -0.700. The molecule has 0 fully saturated rings. The zero-order valence-electron chi connectivity index (χ0n) is 6.72. The van der Waals surface area contributed by atoms with Crippen LogP contribution in [0.1, 0.15) is 19.8 Å². The van der Waals surface area contributed by atoms with E-state index in [4.69, 9.17) is 5.41 Å². The molecule has 0 aliphatic rings. The molecule has 58 valence electrons. The fourth-order valence-electron chi connectivity index (χ4n) is 0.579. The summed E-state index contributed by atoms with van der Waals surface area (Å²) >= 11 is 0. The van der Waals surface area contributed by atoms with Crippen LogP contribution in [0, 0.1) is 0 Å². The van der Waals surface area contributed by atoms with Gasteiger partial charge in [0.05, 0.1) is 0 Å². The molecule has 0 heterocycles. The van der Waals surface area contributed by atoms with Gasteiger partial charge in [-0.2, -0.15) is 0 Å². The van der Waals surface area contributed by atoms with E-state index in [1.54, 1.807) is 6.92 Å². The average molecular weight is 142 g/mol. The highest BCUT2D eigenvalue weighted by atomic mass is 14.8. The van der Waals surface area contributed by atoms with Crippen molar-refractivity contribution in [3.05, 3.63) is 0 Å². The van der Waals surface area contributed by atoms with Gasteiger partial charge in [-0.1, -0.05) is 4.99 Å². The molecule has 0 aromatic heterocycles. The smallest absolute Gasteiger partial charge is 0.285 e. The highest BCUT2D eigenvalue weighted by Gasteiger charge is 1.88. The fraction of sp³-hybridized carbons (Fsp3) is 0.714. The van der Waals surface area contributed by atoms with Crippen molar-refractivity contribution in [1.29, 1.82) is 0 Å². The van der Waals surface area contributed by atoms with E-state index in [1.165, 1.54) is 0 Å². The first kappa shape index (κ1) is 9.30. The predicted molar refractivity (Wildman–Crippen MR) is 44.3 cm³/mol. The molecule has 3 nitrogen and oxygen atoms in total. The predicted octanol–water partition coefficient (Wildman–Crippen LogP) is -0.766. The molecule has 0 aliphatic heterocycles. The van der Waals surface area contributed by atoms with Gasteiger partial charge < -0.3 is 5.32 Å². The van der Waals surface area contributed by atoms with Crippen LogP contribution in [0.25, 0.3) is 0 Å². The minimum Gasteiger partial charge on any atom is -0.320 e. The lowest BCUT2D eigenvalue weighted by Crippen LogP contribution is -2.36. The first-order valence-electron chi connectivity index (χ1n) is 3.53. The minimum atomic E-state index is 0.629. The van der Waals surface area contributed by atoms with Crippen molar-refractivity contribution >= 4 is 12.1 Å². The van der Waals surface area contributed by atoms with Gasteiger partial charge >= 0.3 is 0 Å². The molecule has 0 saturated carbocycles. The number of hydrogen-bond acceptors (Lipinski definition) is 1. The molecule has 0 saturated heterocycles. The lowest BCUT2D eigenvalue weighted by atomic mass is 10.3. The maximum absolute atomic E-state index is 5.31. The number of nitrogens with zero attached hydrogens (tertiary/aromatic N) is 1.